The van der Waals surface area contributed by atoms with Crippen molar-refractivity contribution in [1.82, 2.24) is 4.57 Å². The van der Waals surface area contributed by atoms with Gasteiger partial charge in [0.05, 0.1) is 11.0 Å². The van der Waals surface area contributed by atoms with Gasteiger partial charge in [-0.2, -0.15) is 0 Å². The Morgan fingerprint density at radius 1 is 0.286 bits per heavy atom. The third-order valence-corrected chi connectivity index (χ3v) is 11.3. The zero-order chi connectivity index (χ0) is 37.0. The number of aromatic nitrogens is 1. The van der Waals surface area contributed by atoms with Crippen molar-refractivity contribution in [2.75, 3.05) is 4.90 Å². The molecule has 262 valence electrons. The Balaban J connectivity index is 1.10. The van der Waals surface area contributed by atoms with Crippen molar-refractivity contribution >= 4 is 71.2 Å². The number of anilines is 3. The van der Waals surface area contributed by atoms with Crippen molar-refractivity contribution in [1.29, 1.82) is 0 Å². The highest BCUT2D eigenvalue weighted by molar-refractivity contribution is 6.21. The van der Waals surface area contributed by atoms with Gasteiger partial charge in [-0.3, -0.25) is 0 Å². The quantitative estimate of drug-likeness (QED) is 0.156. The molecule has 0 unspecified atom stereocenters. The fourth-order valence-electron chi connectivity index (χ4n) is 8.75. The molecule has 0 N–H and O–H groups in total. The van der Waals surface area contributed by atoms with Crippen LogP contribution >= 0.6 is 0 Å². The zero-order valence-corrected chi connectivity index (χ0v) is 30.7. The molecule has 0 bridgehead atoms. The largest absolute Gasteiger partial charge is 0.310 e. The molecule has 0 aliphatic rings. The lowest BCUT2D eigenvalue weighted by Gasteiger charge is -2.26. The molecule has 0 saturated heterocycles. The molecule has 1 heterocycles. The van der Waals surface area contributed by atoms with Crippen molar-refractivity contribution in [3.05, 3.63) is 218 Å². The molecule has 0 aliphatic heterocycles. The van der Waals surface area contributed by atoms with Crippen molar-refractivity contribution in [2.24, 2.45) is 0 Å². The van der Waals surface area contributed by atoms with Gasteiger partial charge in [-0.1, -0.05) is 152 Å². The summed E-state index contributed by atoms with van der Waals surface area (Å²) in [6.07, 6.45) is 0. The molecule has 2 heteroatoms. The van der Waals surface area contributed by atoms with Gasteiger partial charge in [0.2, 0.25) is 0 Å². The molecule has 56 heavy (non-hydrogen) atoms. The average Bonchev–Trinajstić information content (AvgIpc) is 3.61. The molecule has 0 saturated carbocycles. The molecule has 11 rings (SSSR count). The van der Waals surface area contributed by atoms with Crippen molar-refractivity contribution in [3.63, 3.8) is 0 Å². The van der Waals surface area contributed by atoms with Crippen molar-refractivity contribution in [2.45, 2.75) is 0 Å². The third kappa shape index (κ3) is 5.26. The normalized spacial score (nSPS) is 11.6. The second-order valence-electron chi connectivity index (χ2n) is 14.5. The molecule has 10 aromatic carbocycles. The summed E-state index contributed by atoms with van der Waals surface area (Å²) in [4.78, 5) is 2.40. The highest BCUT2D eigenvalue weighted by Crippen LogP contribution is 2.43. The van der Waals surface area contributed by atoms with Gasteiger partial charge in [0, 0.05) is 33.5 Å². The van der Waals surface area contributed by atoms with Gasteiger partial charge in [-0.15, -0.1) is 0 Å². The lowest BCUT2D eigenvalue weighted by Crippen LogP contribution is -2.10. The predicted octanol–water partition coefficient (Wildman–Crippen LogP) is 15.0. The summed E-state index contributed by atoms with van der Waals surface area (Å²) in [7, 11) is 0. The van der Waals surface area contributed by atoms with E-state index in [1.807, 2.05) is 0 Å². The fourth-order valence-corrected chi connectivity index (χ4v) is 8.75. The predicted molar refractivity (Wildman–Crippen MR) is 239 cm³/mol. The minimum atomic E-state index is 1.10. The van der Waals surface area contributed by atoms with Crippen LogP contribution in [0.15, 0.2) is 218 Å². The lowest BCUT2D eigenvalue weighted by molar-refractivity contribution is 1.18. The van der Waals surface area contributed by atoms with Crippen LogP contribution in [0.2, 0.25) is 0 Å². The summed E-state index contributed by atoms with van der Waals surface area (Å²) < 4.78 is 2.38. The minimum Gasteiger partial charge on any atom is -0.310 e. The molecule has 0 spiro atoms. The third-order valence-electron chi connectivity index (χ3n) is 11.3. The maximum Gasteiger partial charge on any atom is 0.0542 e. The number of benzene rings is 10. The SMILES string of the molecule is c1ccc(-c2cccc(N(c3ccc(-c4cc5c6ccccc6ccc5c5ccccc45)cc3)c3ccc4c(c3)c3ccccc3n4-c3ccccc3)c2)cc1. The van der Waals surface area contributed by atoms with Crippen LogP contribution in [-0.2, 0) is 0 Å². The van der Waals surface area contributed by atoms with Gasteiger partial charge >= 0.3 is 0 Å². The van der Waals surface area contributed by atoms with E-state index in [0.717, 1.165) is 22.7 Å². The van der Waals surface area contributed by atoms with Crippen LogP contribution in [0.4, 0.5) is 17.1 Å². The number of nitrogens with zero attached hydrogens (tertiary/aromatic N) is 2. The van der Waals surface area contributed by atoms with Gasteiger partial charge in [0.1, 0.15) is 0 Å². The highest BCUT2D eigenvalue weighted by Gasteiger charge is 2.19. The van der Waals surface area contributed by atoms with E-state index < -0.39 is 0 Å². The molecule has 1 aromatic heterocycles. The van der Waals surface area contributed by atoms with E-state index in [9.17, 15) is 0 Å². The van der Waals surface area contributed by atoms with E-state index in [1.54, 1.807) is 0 Å². The number of hydrogen-bond acceptors (Lipinski definition) is 1. The molecule has 11 aromatic rings. The summed E-state index contributed by atoms with van der Waals surface area (Å²) in [5.74, 6) is 0. The molecule has 0 aliphatic carbocycles. The van der Waals surface area contributed by atoms with Crippen LogP contribution in [0.25, 0.3) is 82.1 Å². The van der Waals surface area contributed by atoms with Gasteiger partial charge in [0.25, 0.3) is 0 Å². The van der Waals surface area contributed by atoms with E-state index in [2.05, 4.69) is 228 Å². The van der Waals surface area contributed by atoms with Crippen molar-refractivity contribution < 1.29 is 0 Å². The molecule has 0 amide bonds. The van der Waals surface area contributed by atoms with Gasteiger partial charge in [-0.25, -0.2) is 0 Å². The Hall–Kier alpha value is -7.42. The van der Waals surface area contributed by atoms with Crippen LogP contribution in [-0.4, -0.2) is 4.57 Å². The lowest BCUT2D eigenvalue weighted by atomic mass is 9.91. The average molecular weight is 713 g/mol. The maximum absolute atomic E-state index is 2.40. The molecule has 0 fully saturated rings. The first-order valence-corrected chi connectivity index (χ1v) is 19.3. The Labute approximate surface area is 325 Å². The Kier molecular flexibility index (Phi) is 7.53. The summed E-state index contributed by atoms with van der Waals surface area (Å²) in [6.45, 7) is 0. The van der Waals surface area contributed by atoms with E-state index in [0.29, 0.717) is 0 Å². The molecule has 0 atom stereocenters. The van der Waals surface area contributed by atoms with E-state index in [-0.39, 0.29) is 0 Å². The number of hydrogen-bond donors (Lipinski definition) is 0. The van der Waals surface area contributed by atoms with Gasteiger partial charge < -0.3 is 9.47 Å². The summed E-state index contributed by atoms with van der Waals surface area (Å²) in [5.41, 5.74) is 11.7. The van der Waals surface area contributed by atoms with Gasteiger partial charge in [0.15, 0.2) is 0 Å². The van der Waals surface area contributed by atoms with Crippen LogP contribution in [0.5, 0.6) is 0 Å². The monoisotopic (exact) mass is 712 g/mol. The summed E-state index contributed by atoms with van der Waals surface area (Å²) in [6, 6.07) is 79.5. The highest BCUT2D eigenvalue weighted by atomic mass is 15.1. The first-order valence-electron chi connectivity index (χ1n) is 19.3. The molecular weight excluding hydrogens is 677 g/mol. The van der Waals surface area contributed by atoms with Crippen LogP contribution in [0, 0.1) is 0 Å². The van der Waals surface area contributed by atoms with Crippen LogP contribution in [0.1, 0.15) is 0 Å². The van der Waals surface area contributed by atoms with Gasteiger partial charge in [-0.05, 0) is 121 Å². The Bertz CT molecular complexity index is 3230. The second kappa shape index (κ2) is 13.2. The van der Waals surface area contributed by atoms with E-state index in [4.69, 9.17) is 0 Å². The Morgan fingerprint density at radius 2 is 0.893 bits per heavy atom. The van der Waals surface area contributed by atoms with E-state index in [1.165, 1.54) is 76.4 Å². The van der Waals surface area contributed by atoms with Crippen molar-refractivity contribution in [3.8, 4) is 27.9 Å². The summed E-state index contributed by atoms with van der Waals surface area (Å²) >= 11 is 0. The van der Waals surface area contributed by atoms with Crippen LogP contribution < -0.4 is 4.90 Å². The summed E-state index contributed by atoms with van der Waals surface area (Å²) in [5, 5.41) is 10.1. The minimum absolute atomic E-state index is 1.10. The molecule has 2 nitrogen and oxygen atoms in total. The molecular formula is C54H36N2. The Morgan fingerprint density at radius 3 is 1.71 bits per heavy atom. The van der Waals surface area contributed by atoms with Crippen LogP contribution in [0.3, 0.4) is 0 Å². The zero-order valence-electron chi connectivity index (χ0n) is 30.7. The first kappa shape index (κ1) is 32.0. The first-order chi connectivity index (χ1) is 27.8. The number of para-hydroxylation sites is 2. The maximum atomic E-state index is 2.40. The van der Waals surface area contributed by atoms with E-state index >= 15 is 0 Å². The number of fused-ring (bicyclic) bond motifs is 8. The standard InChI is InChI=1S/C54H36N2/c1-3-14-37(15-4-1)40-17-13-20-43(34-40)55(44-31-33-54-52(35-44)49-24-11-12-25-53(49)56(54)41-18-5-2-6-19-41)42-29-26-39(27-30-42)50-36-51-45-21-8-7-16-38(45)28-32-48(51)46-22-9-10-23-47(46)50/h1-36H. The second-order valence-corrected chi connectivity index (χ2v) is 14.5. The fraction of sp³-hybridized carbons (Fsp3) is 0. The smallest absolute Gasteiger partial charge is 0.0542 e. The number of rotatable bonds is 6. The topological polar surface area (TPSA) is 8.17 Å². The molecule has 0 radical (unpaired) electrons.